The Labute approximate surface area is 102 Å². The molecule has 0 bridgehead atoms. The molecule has 7 heteroatoms. The van der Waals surface area contributed by atoms with Gasteiger partial charge in [0, 0.05) is 12.5 Å². The summed E-state index contributed by atoms with van der Waals surface area (Å²) in [6.07, 6.45) is 2.16. The largest absolute Gasteiger partial charge is 0.481 e. The highest BCUT2D eigenvalue weighted by atomic mass is 31.2. The van der Waals surface area contributed by atoms with E-state index in [0.717, 1.165) is 6.42 Å². The number of aliphatic carboxylic acids is 1. The Hall–Kier alpha value is -0.420. The monoisotopic (exact) mass is 266 g/mol. The van der Waals surface area contributed by atoms with Crippen LogP contribution in [-0.2, 0) is 13.9 Å². The average Bonchev–Trinajstić information content (AvgIpc) is 2.12. The number of carboxylic acid groups (broad SMARTS) is 1. The van der Waals surface area contributed by atoms with Gasteiger partial charge in [0.1, 0.15) is 0 Å². The Morgan fingerprint density at radius 1 is 1.47 bits per heavy atom. The van der Waals surface area contributed by atoms with Crippen molar-refractivity contribution in [3.05, 3.63) is 6.66 Å². The van der Waals surface area contributed by atoms with Gasteiger partial charge < -0.3 is 20.3 Å². The molecule has 0 rings (SSSR count). The van der Waals surface area contributed by atoms with Crippen LogP contribution in [0.2, 0.25) is 0 Å². The number of unbranched alkanes of at least 4 members (excludes halogenated alkanes) is 2. The quantitative estimate of drug-likeness (QED) is 0.433. The highest BCUT2D eigenvalue weighted by molar-refractivity contribution is 7.54. The van der Waals surface area contributed by atoms with Crippen molar-refractivity contribution in [1.29, 1.82) is 0 Å². The number of hydrogen-bond donors (Lipinski definition) is 3. The molecule has 0 saturated carbocycles. The minimum atomic E-state index is -3.77. The highest BCUT2D eigenvalue weighted by Gasteiger charge is 2.22. The van der Waals surface area contributed by atoms with E-state index < -0.39 is 19.7 Å². The van der Waals surface area contributed by atoms with E-state index in [2.05, 4.69) is 6.66 Å². The van der Waals surface area contributed by atoms with Crippen LogP contribution in [0, 0.1) is 6.66 Å². The molecule has 0 aromatic carbocycles. The molecule has 0 amide bonds. The highest BCUT2D eigenvalue weighted by Crippen LogP contribution is 2.42. The Morgan fingerprint density at radius 3 is 2.47 bits per heavy atom. The topological polar surface area (TPSA) is 110 Å². The minimum Gasteiger partial charge on any atom is -0.481 e. The van der Waals surface area contributed by atoms with E-state index >= 15 is 0 Å². The fraction of sp³-hybridized carbons (Fsp3) is 0.800. The van der Waals surface area contributed by atoms with Crippen LogP contribution in [0.1, 0.15) is 39.0 Å². The van der Waals surface area contributed by atoms with Crippen LogP contribution in [0.5, 0.6) is 0 Å². The normalized spacial score (nSPS) is 18.4. The van der Waals surface area contributed by atoms with Crippen molar-refractivity contribution in [2.45, 2.75) is 51.2 Å². The molecule has 0 aliphatic carbocycles. The van der Waals surface area contributed by atoms with Crippen molar-refractivity contribution in [3.63, 3.8) is 0 Å². The van der Waals surface area contributed by atoms with Crippen molar-refractivity contribution in [2.75, 3.05) is 0 Å². The van der Waals surface area contributed by atoms with E-state index in [9.17, 15) is 9.36 Å². The third-order valence-electron chi connectivity index (χ3n) is 2.27. The molecule has 101 valence electrons. The standard InChI is InChI=1S/C10H21NO5P/c1-8(11)9(16-17(2,14)15)6-4-3-5-7-10(12)13/h8-9H,2-7,11H2,1H3,(H,12,13)(H,14,15). The summed E-state index contributed by atoms with van der Waals surface area (Å²) in [5, 5.41) is 8.44. The maximum atomic E-state index is 11.0. The van der Waals surface area contributed by atoms with Crippen molar-refractivity contribution >= 4 is 13.6 Å². The Kier molecular flexibility index (Phi) is 7.63. The lowest BCUT2D eigenvalue weighted by Gasteiger charge is -2.22. The summed E-state index contributed by atoms with van der Waals surface area (Å²) < 4.78 is 15.9. The first-order chi connectivity index (χ1) is 7.72. The second kappa shape index (κ2) is 7.82. The van der Waals surface area contributed by atoms with E-state index in [1.54, 1.807) is 6.92 Å². The van der Waals surface area contributed by atoms with Gasteiger partial charge in [-0.1, -0.05) is 12.8 Å². The summed E-state index contributed by atoms with van der Waals surface area (Å²) in [4.78, 5) is 19.3. The number of carbonyl (C=O) groups is 1. The van der Waals surface area contributed by atoms with Gasteiger partial charge in [0.15, 0.2) is 0 Å². The lowest BCUT2D eigenvalue weighted by atomic mass is 10.1. The molecule has 0 spiro atoms. The molecular formula is C10H21NO5P. The Balaban J connectivity index is 3.86. The molecule has 6 nitrogen and oxygen atoms in total. The van der Waals surface area contributed by atoms with Crippen LogP contribution in [0.15, 0.2) is 0 Å². The van der Waals surface area contributed by atoms with Gasteiger partial charge >= 0.3 is 13.6 Å². The van der Waals surface area contributed by atoms with Gasteiger partial charge in [-0.05, 0) is 19.8 Å². The summed E-state index contributed by atoms with van der Waals surface area (Å²) in [6, 6.07) is -0.364. The fourth-order valence-electron chi connectivity index (χ4n) is 1.42. The number of nitrogens with two attached hydrogens (primary N) is 1. The molecule has 0 fully saturated rings. The predicted octanol–water partition coefficient (Wildman–Crippen LogP) is 1.73. The SMILES string of the molecule is [CH2]P(=O)(O)OC(CCCCCC(=O)O)C(C)N. The maximum Gasteiger partial charge on any atom is 0.329 e. The van der Waals surface area contributed by atoms with Crippen molar-refractivity contribution in [3.8, 4) is 0 Å². The zero-order valence-electron chi connectivity index (χ0n) is 10.0. The molecule has 0 aliphatic heterocycles. The molecule has 0 saturated heterocycles. The molecule has 0 aromatic heterocycles. The summed E-state index contributed by atoms with van der Waals surface area (Å²) in [5.41, 5.74) is 5.63. The smallest absolute Gasteiger partial charge is 0.329 e. The molecule has 0 aromatic rings. The van der Waals surface area contributed by atoms with Gasteiger partial charge in [-0.2, -0.15) is 0 Å². The van der Waals surface area contributed by atoms with Gasteiger partial charge in [0.25, 0.3) is 0 Å². The second-order valence-electron chi connectivity index (χ2n) is 4.13. The average molecular weight is 266 g/mol. The predicted molar refractivity (Wildman–Crippen MR) is 64.4 cm³/mol. The van der Waals surface area contributed by atoms with Crippen LogP contribution >= 0.6 is 7.60 Å². The molecule has 3 atom stereocenters. The third kappa shape index (κ3) is 10.5. The van der Waals surface area contributed by atoms with Crippen molar-refractivity contribution in [2.24, 2.45) is 5.73 Å². The van der Waals surface area contributed by atoms with Crippen LogP contribution in [0.25, 0.3) is 0 Å². The number of rotatable bonds is 9. The molecule has 3 unspecified atom stereocenters. The van der Waals surface area contributed by atoms with Gasteiger partial charge in [0.05, 0.1) is 12.8 Å². The van der Waals surface area contributed by atoms with E-state index in [-0.39, 0.29) is 12.5 Å². The second-order valence-corrected chi connectivity index (χ2v) is 5.62. The first kappa shape index (κ1) is 16.6. The Bertz CT molecular complexity index is 276. The van der Waals surface area contributed by atoms with Gasteiger partial charge in [0.2, 0.25) is 0 Å². The molecular weight excluding hydrogens is 245 g/mol. The third-order valence-corrected chi connectivity index (χ3v) is 2.87. The van der Waals surface area contributed by atoms with Crippen LogP contribution in [0.4, 0.5) is 0 Å². The molecule has 0 aliphatic rings. The van der Waals surface area contributed by atoms with Crippen LogP contribution in [-0.4, -0.2) is 28.1 Å². The lowest BCUT2D eigenvalue weighted by Crippen LogP contribution is -2.33. The summed E-state index contributed by atoms with van der Waals surface area (Å²) in [5.74, 6) is -0.817. The molecule has 1 radical (unpaired) electrons. The van der Waals surface area contributed by atoms with Gasteiger partial charge in [-0.25, -0.2) is 0 Å². The van der Waals surface area contributed by atoms with E-state index in [4.69, 9.17) is 20.3 Å². The Morgan fingerprint density at radius 2 is 2.06 bits per heavy atom. The number of carboxylic acids is 1. The summed E-state index contributed by atoms with van der Waals surface area (Å²) in [6.45, 7) is 4.71. The molecule has 4 N–H and O–H groups in total. The first-order valence-electron chi connectivity index (χ1n) is 5.55. The minimum absolute atomic E-state index is 0.136. The lowest BCUT2D eigenvalue weighted by molar-refractivity contribution is -0.137. The van der Waals surface area contributed by atoms with E-state index in [1.165, 1.54) is 0 Å². The summed E-state index contributed by atoms with van der Waals surface area (Å²) in [7, 11) is -3.77. The van der Waals surface area contributed by atoms with E-state index in [1.807, 2.05) is 0 Å². The number of hydrogen-bond acceptors (Lipinski definition) is 4. The fourth-order valence-corrected chi connectivity index (χ4v) is 2.14. The van der Waals surface area contributed by atoms with Crippen molar-refractivity contribution < 1.29 is 23.9 Å². The van der Waals surface area contributed by atoms with Crippen molar-refractivity contribution in [1.82, 2.24) is 0 Å². The van der Waals surface area contributed by atoms with Crippen LogP contribution in [0.3, 0.4) is 0 Å². The van der Waals surface area contributed by atoms with Gasteiger partial charge in [-0.3, -0.25) is 9.36 Å². The molecule has 0 heterocycles. The van der Waals surface area contributed by atoms with E-state index in [0.29, 0.717) is 19.3 Å². The zero-order valence-corrected chi connectivity index (χ0v) is 10.9. The van der Waals surface area contributed by atoms with Gasteiger partial charge in [-0.15, -0.1) is 0 Å². The zero-order chi connectivity index (χ0) is 13.5. The van der Waals surface area contributed by atoms with Crippen LogP contribution < -0.4 is 5.73 Å². The summed E-state index contributed by atoms with van der Waals surface area (Å²) >= 11 is 0. The maximum absolute atomic E-state index is 11.0. The molecule has 17 heavy (non-hydrogen) atoms. The first-order valence-corrected chi connectivity index (χ1v) is 7.31.